The predicted molar refractivity (Wildman–Crippen MR) is 122 cm³/mol. The first kappa shape index (κ1) is 24.1. The number of hydrogen-bond donors (Lipinski definition) is 0. The van der Waals surface area contributed by atoms with Crippen LogP contribution in [0.25, 0.3) is 0 Å². The molecule has 0 unspecified atom stereocenters. The number of hydrogen-bond acceptors (Lipinski definition) is 7. The van der Waals surface area contributed by atoms with Crippen molar-refractivity contribution >= 4 is 27.7 Å². The molecule has 0 bridgehead atoms. The number of esters is 1. The number of halogens is 1. The van der Waals surface area contributed by atoms with E-state index < -0.39 is 33.3 Å². The van der Waals surface area contributed by atoms with Crippen molar-refractivity contribution in [3.8, 4) is 0 Å². The van der Waals surface area contributed by atoms with Gasteiger partial charge in [0.2, 0.25) is 10.0 Å². The number of aromatic nitrogens is 1. The minimum Gasteiger partial charge on any atom is -0.452 e. The van der Waals surface area contributed by atoms with Gasteiger partial charge in [0.05, 0.1) is 5.56 Å². The highest BCUT2D eigenvalue weighted by molar-refractivity contribution is 7.89. The zero-order chi connectivity index (χ0) is 24.1. The summed E-state index contributed by atoms with van der Waals surface area (Å²) in [6.07, 6.45) is 4.06. The van der Waals surface area contributed by atoms with Gasteiger partial charge in [-0.3, -0.25) is 4.79 Å². The number of anilines is 1. The number of rotatable bonds is 6. The molecule has 0 atom stereocenters. The lowest BCUT2D eigenvalue weighted by molar-refractivity contribution is -0.134. The van der Waals surface area contributed by atoms with Crippen molar-refractivity contribution in [3.63, 3.8) is 0 Å². The van der Waals surface area contributed by atoms with Crippen LogP contribution in [-0.2, 0) is 19.6 Å². The Balaban J connectivity index is 1.34. The smallest absolute Gasteiger partial charge is 0.338 e. The maximum Gasteiger partial charge on any atom is 0.338 e. The summed E-state index contributed by atoms with van der Waals surface area (Å²) in [5.74, 6) is -1.32. The van der Waals surface area contributed by atoms with Gasteiger partial charge in [0.1, 0.15) is 16.5 Å². The van der Waals surface area contributed by atoms with Crippen molar-refractivity contribution in [2.24, 2.45) is 0 Å². The topological polar surface area (TPSA) is 100 Å². The molecule has 2 fully saturated rings. The maximum atomic E-state index is 14.4. The molecule has 1 amide bonds. The van der Waals surface area contributed by atoms with Crippen molar-refractivity contribution in [3.05, 3.63) is 54.0 Å². The normalized spacial score (nSPS) is 17.4. The van der Waals surface area contributed by atoms with E-state index in [1.807, 2.05) is 18.2 Å². The van der Waals surface area contributed by atoms with Crippen LogP contribution in [-0.4, -0.2) is 80.4 Å². The monoisotopic (exact) mass is 490 g/mol. The zero-order valence-electron chi connectivity index (χ0n) is 18.7. The van der Waals surface area contributed by atoms with E-state index in [0.29, 0.717) is 52.1 Å². The molecule has 2 aliphatic rings. The molecule has 1 aromatic carbocycles. The largest absolute Gasteiger partial charge is 0.452 e. The highest BCUT2D eigenvalue weighted by Crippen LogP contribution is 2.24. The highest BCUT2D eigenvalue weighted by atomic mass is 32.2. The highest BCUT2D eigenvalue weighted by Gasteiger charge is 2.30. The lowest BCUT2D eigenvalue weighted by atomic mass is 10.2. The van der Waals surface area contributed by atoms with Crippen LogP contribution in [0.4, 0.5) is 10.2 Å². The quantitative estimate of drug-likeness (QED) is 0.570. The summed E-state index contributed by atoms with van der Waals surface area (Å²) in [5, 5.41) is 0. The summed E-state index contributed by atoms with van der Waals surface area (Å²) < 4.78 is 46.4. The Hall–Kier alpha value is -3.05. The number of pyridine rings is 1. The number of nitrogens with zero attached hydrogens (tertiary/aromatic N) is 4. The molecular formula is C23H27FN4O5S. The number of carbonyl (C=O) groups is 2. The first-order valence-electron chi connectivity index (χ1n) is 11.3. The second-order valence-electron chi connectivity index (χ2n) is 8.24. The van der Waals surface area contributed by atoms with Gasteiger partial charge in [-0.1, -0.05) is 12.5 Å². The lowest BCUT2D eigenvalue weighted by Gasteiger charge is -2.35. The Labute approximate surface area is 198 Å². The maximum absolute atomic E-state index is 14.4. The van der Waals surface area contributed by atoms with E-state index in [1.165, 1.54) is 4.31 Å². The van der Waals surface area contributed by atoms with Crippen molar-refractivity contribution in [2.45, 2.75) is 24.2 Å². The third-order valence-corrected chi connectivity index (χ3v) is 7.95. The fraction of sp³-hybridized carbons (Fsp3) is 0.435. The molecule has 0 radical (unpaired) electrons. The van der Waals surface area contributed by atoms with Crippen molar-refractivity contribution in [1.29, 1.82) is 0 Å². The van der Waals surface area contributed by atoms with Crippen molar-refractivity contribution < 1.29 is 27.1 Å². The van der Waals surface area contributed by atoms with Gasteiger partial charge in [-0.25, -0.2) is 22.6 Å². The second-order valence-corrected chi connectivity index (χ2v) is 10.1. The van der Waals surface area contributed by atoms with Gasteiger partial charge in [-0.15, -0.1) is 0 Å². The molecule has 0 aliphatic carbocycles. The third kappa shape index (κ3) is 5.36. The summed E-state index contributed by atoms with van der Waals surface area (Å²) in [6, 6.07) is 8.72. The third-order valence-electron chi connectivity index (χ3n) is 6.03. The van der Waals surface area contributed by atoms with Crippen molar-refractivity contribution in [1.82, 2.24) is 14.2 Å². The average Bonchev–Trinajstić information content (AvgIpc) is 2.88. The Bertz CT molecular complexity index is 1130. The number of ether oxygens (including phenoxy) is 1. The first-order valence-corrected chi connectivity index (χ1v) is 12.7. The number of amides is 1. The number of carbonyl (C=O) groups excluding carboxylic acids is 2. The second kappa shape index (κ2) is 10.5. The summed E-state index contributed by atoms with van der Waals surface area (Å²) in [4.78, 5) is 32.4. The molecule has 4 rings (SSSR count). The van der Waals surface area contributed by atoms with E-state index in [1.54, 1.807) is 11.1 Å². The Morgan fingerprint density at radius 3 is 2.38 bits per heavy atom. The van der Waals surface area contributed by atoms with E-state index in [2.05, 4.69) is 9.88 Å². The number of piperidine rings is 1. The SMILES string of the molecule is O=C(OCC(=O)N1CCN(c2ccccn2)CC1)c1ccc(F)c(S(=O)(=O)N2CCCCC2)c1. The molecule has 0 saturated carbocycles. The lowest BCUT2D eigenvalue weighted by Crippen LogP contribution is -2.50. The van der Waals surface area contributed by atoms with Crippen LogP contribution >= 0.6 is 0 Å². The van der Waals surface area contributed by atoms with Gasteiger partial charge in [0.15, 0.2) is 6.61 Å². The van der Waals surface area contributed by atoms with Crippen LogP contribution in [0.1, 0.15) is 29.6 Å². The summed E-state index contributed by atoms with van der Waals surface area (Å²) in [6.45, 7) is 2.29. The van der Waals surface area contributed by atoms with Gasteiger partial charge in [-0.2, -0.15) is 4.31 Å². The van der Waals surface area contributed by atoms with Gasteiger partial charge >= 0.3 is 5.97 Å². The minimum atomic E-state index is -4.06. The molecule has 2 saturated heterocycles. The van der Waals surface area contributed by atoms with E-state index >= 15 is 0 Å². The number of benzene rings is 1. The van der Waals surface area contributed by atoms with Crippen LogP contribution in [0.15, 0.2) is 47.5 Å². The fourth-order valence-corrected chi connectivity index (χ4v) is 5.71. The molecule has 0 spiro atoms. The fourth-order valence-electron chi connectivity index (χ4n) is 4.10. The minimum absolute atomic E-state index is 0.121. The molecule has 11 heteroatoms. The van der Waals surface area contributed by atoms with Gasteiger partial charge < -0.3 is 14.5 Å². The Morgan fingerprint density at radius 1 is 0.971 bits per heavy atom. The van der Waals surface area contributed by atoms with E-state index in [-0.39, 0.29) is 11.5 Å². The molecule has 9 nitrogen and oxygen atoms in total. The Morgan fingerprint density at radius 2 is 1.71 bits per heavy atom. The van der Waals surface area contributed by atoms with Crippen LogP contribution in [0.5, 0.6) is 0 Å². The van der Waals surface area contributed by atoms with Crippen LogP contribution in [0.2, 0.25) is 0 Å². The first-order chi connectivity index (χ1) is 16.4. The van der Waals surface area contributed by atoms with E-state index in [0.717, 1.165) is 30.4 Å². The molecular weight excluding hydrogens is 463 g/mol. The molecule has 182 valence electrons. The van der Waals surface area contributed by atoms with Crippen LogP contribution < -0.4 is 4.90 Å². The van der Waals surface area contributed by atoms with Gasteiger partial charge in [-0.05, 0) is 43.2 Å². The van der Waals surface area contributed by atoms with Gasteiger partial charge in [0.25, 0.3) is 5.91 Å². The number of piperazine rings is 1. The van der Waals surface area contributed by atoms with Gasteiger partial charge in [0, 0.05) is 45.5 Å². The summed E-state index contributed by atoms with van der Waals surface area (Å²) in [5.41, 5.74) is -0.121. The van der Waals surface area contributed by atoms with Crippen LogP contribution in [0, 0.1) is 5.82 Å². The number of sulfonamides is 1. The average molecular weight is 491 g/mol. The predicted octanol–water partition coefficient (Wildman–Crippen LogP) is 1.90. The molecule has 3 heterocycles. The van der Waals surface area contributed by atoms with E-state index in [4.69, 9.17) is 4.74 Å². The molecule has 0 N–H and O–H groups in total. The van der Waals surface area contributed by atoms with Crippen molar-refractivity contribution in [2.75, 3.05) is 50.8 Å². The van der Waals surface area contributed by atoms with Crippen LogP contribution in [0.3, 0.4) is 0 Å². The van der Waals surface area contributed by atoms with E-state index in [9.17, 15) is 22.4 Å². The summed E-state index contributed by atoms with van der Waals surface area (Å²) >= 11 is 0. The molecule has 2 aromatic rings. The molecule has 34 heavy (non-hydrogen) atoms. The Kier molecular flexibility index (Phi) is 7.42. The standard InChI is InChI=1S/C23H27FN4O5S/c24-19-8-7-18(16-20(19)34(31,32)28-10-4-1-5-11-28)23(30)33-17-22(29)27-14-12-26(13-15-27)21-6-2-3-9-25-21/h2-3,6-9,16H,1,4-5,10-15,17H2. The zero-order valence-corrected chi connectivity index (χ0v) is 19.5. The molecule has 2 aliphatic heterocycles. The molecule has 1 aromatic heterocycles. The summed E-state index contributed by atoms with van der Waals surface area (Å²) in [7, 11) is -4.06.